The first-order chi connectivity index (χ1) is 8.13. The summed E-state index contributed by atoms with van der Waals surface area (Å²) in [6, 6.07) is 8.49. The van der Waals surface area contributed by atoms with Gasteiger partial charge in [-0.15, -0.1) is 0 Å². The summed E-state index contributed by atoms with van der Waals surface area (Å²) in [4.78, 5) is 2.12. The van der Waals surface area contributed by atoms with Gasteiger partial charge in [-0.3, -0.25) is 4.90 Å². The SMILES string of the molecule is CC(/C(N)=N/O)N(C)CC1Cc2ccccc21. The van der Waals surface area contributed by atoms with Gasteiger partial charge in [-0.1, -0.05) is 29.4 Å². The lowest BCUT2D eigenvalue weighted by Gasteiger charge is -2.35. The Hall–Kier alpha value is -1.55. The van der Waals surface area contributed by atoms with Crippen molar-refractivity contribution in [2.75, 3.05) is 13.6 Å². The molecule has 0 saturated heterocycles. The Morgan fingerprint density at radius 3 is 2.94 bits per heavy atom. The van der Waals surface area contributed by atoms with Crippen LogP contribution in [-0.4, -0.2) is 35.6 Å². The van der Waals surface area contributed by atoms with Crippen LogP contribution in [0.2, 0.25) is 0 Å². The highest BCUT2D eigenvalue weighted by atomic mass is 16.4. The summed E-state index contributed by atoms with van der Waals surface area (Å²) in [5.74, 6) is 0.838. The summed E-state index contributed by atoms with van der Waals surface area (Å²) < 4.78 is 0. The predicted octanol–water partition coefficient (Wildman–Crippen LogP) is 1.39. The third-order valence-corrected chi connectivity index (χ3v) is 3.67. The van der Waals surface area contributed by atoms with Crippen LogP contribution in [0, 0.1) is 0 Å². The van der Waals surface area contributed by atoms with E-state index in [1.165, 1.54) is 11.1 Å². The zero-order chi connectivity index (χ0) is 12.4. The van der Waals surface area contributed by atoms with Crippen LogP contribution in [0.1, 0.15) is 24.0 Å². The number of hydrogen-bond acceptors (Lipinski definition) is 3. The number of hydrogen-bond donors (Lipinski definition) is 2. The molecule has 4 heteroatoms. The standard InChI is InChI=1S/C13H19N3O/c1-9(13(14)15-17)16(2)8-11-7-10-5-3-4-6-12(10)11/h3-6,9,11,17H,7-8H2,1-2H3,(H2,14,15). The Balaban J connectivity index is 1.96. The molecule has 0 saturated carbocycles. The molecule has 1 aliphatic carbocycles. The lowest BCUT2D eigenvalue weighted by molar-refractivity contribution is 0.264. The maximum atomic E-state index is 8.65. The molecular weight excluding hydrogens is 214 g/mol. The third kappa shape index (κ3) is 2.26. The zero-order valence-corrected chi connectivity index (χ0v) is 10.3. The summed E-state index contributed by atoms with van der Waals surface area (Å²) in [5, 5.41) is 11.7. The summed E-state index contributed by atoms with van der Waals surface area (Å²) in [6.07, 6.45) is 1.13. The molecule has 0 aromatic heterocycles. The molecule has 2 rings (SSSR count). The van der Waals surface area contributed by atoms with E-state index in [-0.39, 0.29) is 11.9 Å². The number of fused-ring (bicyclic) bond motifs is 1. The quantitative estimate of drug-likeness (QED) is 0.357. The van der Waals surface area contributed by atoms with Gasteiger partial charge in [0.2, 0.25) is 0 Å². The van der Waals surface area contributed by atoms with Gasteiger partial charge in [0.15, 0.2) is 5.84 Å². The van der Waals surface area contributed by atoms with Crippen molar-refractivity contribution < 1.29 is 5.21 Å². The molecule has 17 heavy (non-hydrogen) atoms. The third-order valence-electron chi connectivity index (χ3n) is 3.67. The zero-order valence-electron chi connectivity index (χ0n) is 10.3. The average molecular weight is 233 g/mol. The van der Waals surface area contributed by atoms with Gasteiger partial charge in [-0.25, -0.2) is 0 Å². The van der Waals surface area contributed by atoms with Gasteiger partial charge < -0.3 is 10.9 Å². The molecule has 1 aromatic carbocycles. The van der Waals surface area contributed by atoms with Gasteiger partial charge in [-0.05, 0) is 31.5 Å². The summed E-state index contributed by atoms with van der Waals surface area (Å²) in [6.45, 7) is 2.88. The topological polar surface area (TPSA) is 61.9 Å². The second kappa shape index (κ2) is 4.75. The molecule has 2 unspecified atom stereocenters. The summed E-state index contributed by atoms with van der Waals surface area (Å²) in [7, 11) is 2.00. The van der Waals surface area contributed by atoms with Crippen molar-refractivity contribution in [3.63, 3.8) is 0 Å². The van der Waals surface area contributed by atoms with Crippen molar-refractivity contribution in [2.24, 2.45) is 10.9 Å². The lowest BCUT2D eigenvalue weighted by atomic mass is 9.77. The molecule has 4 nitrogen and oxygen atoms in total. The first-order valence-electron chi connectivity index (χ1n) is 5.89. The molecular formula is C13H19N3O. The summed E-state index contributed by atoms with van der Waals surface area (Å²) in [5.41, 5.74) is 8.49. The van der Waals surface area contributed by atoms with E-state index in [4.69, 9.17) is 10.9 Å². The predicted molar refractivity (Wildman–Crippen MR) is 68.4 cm³/mol. The molecule has 92 valence electrons. The molecule has 0 amide bonds. The first-order valence-corrected chi connectivity index (χ1v) is 5.89. The number of nitrogens with zero attached hydrogens (tertiary/aromatic N) is 2. The minimum absolute atomic E-state index is 0.0345. The maximum absolute atomic E-state index is 8.65. The van der Waals surface area contributed by atoms with Crippen LogP contribution in [-0.2, 0) is 6.42 Å². The van der Waals surface area contributed by atoms with E-state index >= 15 is 0 Å². The largest absolute Gasteiger partial charge is 0.409 e. The van der Waals surface area contributed by atoms with Crippen LogP contribution in [0.4, 0.5) is 0 Å². The second-order valence-electron chi connectivity index (χ2n) is 4.74. The van der Waals surface area contributed by atoms with E-state index < -0.39 is 0 Å². The van der Waals surface area contributed by atoms with Crippen molar-refractivity contribution in [2.45, 2.75) is 25.3 Å². The van der Waals surface area contributed by atoms with E-state index in [1.54, 1.807) is 0 Å². The van der Waals surface area contributed by atoms with E-state index in [0.717, 1.165) is 13.0 Å². The highest BCUT2D eigenvalue weighted by Gasteiger charge is 2.28. The van der Waals surface area contributed by atoms with Gasteiger partial charge in [0.1, 0.15) is 0 Å². The molecule has 0 fully saturated rings. The number of rotatable bonds is 4. The number of nitrogens with two attached hydrogens (primary N) is 1. The molecule has 2 atom stereocenters. The minimum atomic E-state index is -0.0345. The van der Waals surface area contributed by atoms with Crippen LogP contribution < -0.4 is 5.73 Å². The Morgan fingerprint density at radius 1 is 1.59 bits per heavy atom. The number of likely N-dealkylation sites (N-methyl/N-ethyl adjacent to an activating group) is 1. The van der Waals surface area contributed by atoms with E-state index in [2.05, 4.69) is 34.3 Å². The summed E-state index contributed by atoms with van der Waals surface area (Å²) >= 11 is 0. The molecule has 1 aliphatic rings. The fraction of sp³-hybridized carbons (Fsp3) is 0.462. The highest BCUT2D eigenvalue weighted by molar-refractivity contribution is 5.84. The Kier molecular flexibility index (Phi) is 3.33. The highest BCUT2D eigenvalue weighted by Crippen LogP contribution is 2.35. The number of amidine groups is 1. The average Bonchev–Trinajstić information content (AvgIpc) is 2.33. The van der Waals surface area contributed by atoms with Crippen molar-refractivity contribution in [3.05, 3.63) is 35.4 Å². The molecule has 0 aliphatic heterocycles. The molecule has 0 spiro atoms. The Morgan fingerprint density at radius 2 is 2.29 bits per heavy atom. The number of benzene rings is 1. The van der Waals surface area contributed by atoms with Crippen molar-refractivity contribution in [1.82, 2.24) is 4.90 Å². The monoisotopic (exact) mass is 233 g/mol. The van der Waals surface area contributed by atoms with Gasteiger partial charge in [0, 0.05) is 12.5 Å². The van der Waals surface area contributed by atoms with Gasteiger partial charge >= 0.3 is 0 Å². The molecule has 1 aromatic rings. The van der Waals surface area contributed by atoms with Crippen molar-refractivity contribution >= 4 is 5.84 Å². The molecule has 3 N–H and O–H groups in total. The Bertz CT molecular complexity index is 430. The second-order valence-corrected chi connectivity index (χ2v) is 4.74. The number of oxime groups is 1. The smallest absolute Gasteiger partial charge is 0.156 e. The van der Waals surface area contributed by atoms with Gasteiger partial charge in [0.25, 0.3) is 0 Å². The Labute approximate surface area is 102 Å². The van der Waals surface area contributed by atoms with Gasteiger partial charge in [0.05, 0.1) is 6.04 Å². The van der Waals surface area contributed by atoms with Gasteiger partial charge in [-0.2, -0.15) is 0 Å². The van der Waals surface area contributed by atoms with Crippen LogP contribution in [0.25, 0.3) is 0 Å². The van der Waals surface area contributed by atoms with Crippen LogP contribution >= 0.6 is 0 Å². The minimum Gasteiger partial charge on any atom is -0.409 e. The van der Waals surface area contributed by atoms with Crippen molar-refractivity contribution in [1.29, 1.82) is 0 Å². The lowest BCUT2D eigenvalue weighted by Crippen LogP contribution is -2.43. The molecule has 0 bridgehead atoms. The van der Waals surface area contributed by atoms with Crippen molar-refractivity contribution in [3.8, 4) is 0 Å². The van der Waals surface area contributed by atoms with Crippen LogP contribution in [0.3, 0.4) is 0 Å². The van der Waals surface area contributed by atoms with E-state index in [1.807, 2.05) is 14.0 Å². The van der Waals surface area contributed by atoms with E-state index in [0.29, 0.717) is 5.92 Å². The maximum Gasteiger partial charge on any atom is 0.156 e. The molecule has 0 heterocycles. The van der Waals surface area contributed by atoms with Crippen LogP contribution in [0.15, 0.2) is 29.4 Å². The van der Waals surface area contributed by atoms with E-state index in [9.17, 15) is 0 Å². The fourth-order valence-electron chi connectivity index (χ4n) is 2.34. The first kappa shape index (κ1) is 11.9. The molecule has 0 radical (unpaired) electrons. The normalized spacial score (nSPS) is 20.9. The fourth-order valence-corrected chi connectivity index (χ4v) is 2.34. The van der Waals surface area contributed by atoms with Crippen LogP contribution in [0.5, 0.6) is 0 Å².